The summed E-state index contributed by atoms with van der Waals surface area (Å²) >= 11 is 11.8. The number of carbonyl (C=O) groups excluding carboxylic acids is 1. The van der Waals surface area contributed by atoms with Gasteiger partial charge in [-0.3, -0.25) is 9.69 Å². The van der Waals surface area contributed by atoms with Crippen molar-refractivity contribution >= 4 is 39.1 Å². The van der Waals surface area contributed by atoms with Crippen LogP contribution in [0.5, 0.6) is 0 Å². The SMILES string of the molecule is O=C(C[C@@H](NS(=O)(=O)c1c(Cl)cccc1Cl)C(F)(F)F)NC1CCCc2cc(CN3CCCCC3)ccc21. The summed E-state index contributed by atoms with van der Waals surface area (Å²) in [5.41, 5.74) is 3.15. The van der Waals surface area contributed by atoms with Gasteiger partial charge in [-0.2, -0.15) is 17.9 Å². The highest BCUT2D eigenvalue weighted by atomic mass is 35.5. The topological polar surface area (TPSA) is 78.5 Å². The van der Waals surface area contributed by atoms with Crippen molar-refractivity contribution in [3.05, 3.63) is 63.1 Å². The number of hydrogen-bond acceptors (Lipinski definition) is 4. The second-order valence-corrected chi connectivity index (χ2v) is 12.3. The van der Waals surface area contributed by atoms with Crippen molar-refractivity contribution in [2.75, 3.05) is 13.1 Å². The van der Waals surface area contributed by atoms with Crippen LogP contribution in [-0.2, 0) is 27.8 Å². The average Bonchev–Trinajstić information content (AvgIpc) is 2.83. The Bertz CT molecular complexity index is 1250. The molecule has 12 heteroatoms. The predicted octanol–water partition coefficient (Wildman–Crippen LogP) is 5.77. The van der Waals surface area contributed by atoms with Gasteiger partial charge in [-0.1, -0.05) is 53.9 Å². The average molecular weight is 593 g/mol. The van der Waals surface area contributed by atoms with Gasteiger partial charge >= 0.3 is 6.18 Å². The van der Waals surface area contributed by atoms with Crippen LogP contribution in [-0.4, -0.2) is 44.5 Å². The first-order valence-corrected chi connectivity index (χ1v) is 14.8. The van der Waals surface area contributed by atoms with Crippen LogP contribution in [0, 0.1) is 0 Å². The Morgan fingerprint density at radius 3 is 2.39 bits per heavy atom. The lowest BCUT2D eigenvalue weighted by atomic mass is 9.86. The summed E-state index contributed by atoms with van der Waals surface area (Å²) in [7, 11) is -4.77. The molecule has 1 heterocycles. The van der Waals surface area contributed by atoms with Crippen molar-refractivity contribution in [2.24, 2.45) is 0 Å². The zero-order valence-corrected chi connectivity index (χ0v) is 23.0. The van der Waals surface area contributed by atoms with Crippen molar-refractivity contribution in [1.82, 2.24) is 14.9 Å². The first-order chi connectivity index (χ1) is 17.9. The molecule has 2 aromatic rings. The largest absolute Gasteiger partial charge is 0.405 e. The third-order valence-electron chi connectivity index (χ3n) is 6.98. The van der Waals surface area contributed by atoms with Crippen LogP contribution < -0.4 is 10.0 Å². The van der Waals surface area contributed by atoms with Gasteiger partial charge in [0.2, 0.25) is 15.9 Å². The van der Waals surface area contributed by atoms with E-state index < -0.39 is 45.5 Å². The number of halogens is 5. The molecule has 0 saturated carbocycles. The molecule has 0 bridgehead atoms. The number of likely N-dealkylation sites (tertiary alicyclic amines) is 1. The normalized spacial score (nSPS) is 19.6. The summed E-state index contributed by atoms with van der Waals surface area (Å²) in [5, 5.41) is 2.04. The van der Waals surface area contributed by atoms with E-state index in [1.54, 1.807) is 4.72 Å². The highest BCUT2D eigenvalue weighted by Crippen LogP contribution is 2.33. The second kappa shape index (κ2) is 12.1. The van der Waals surface area contributed by atoms with Crippen LogP contribution in [0.4, 0.5) is 13.2 Å². The highest BCUT2D eigenvalue weighted by Gasteiger charge is 2.44. The zero-order chi connectivity index (χ0) is 27.5. The van der Waals surface area contributed by atoms with Crippen molar-refractivity contribution in [3.63, 3.8) is 0 Å². The standard InChI is InChI=1S/C26H30Cl2F3N3O3S/c27-20-7-5-8-21(28)25(20)38(36,37)33-23(26(29,30)31)15-24(35)32-22-9-4-6-18-14-17(10-11-19(18)22)16-34-12-2-1-3-13-34/h5,7-8,10-11,14,22-23,33H,1-4,6,9,12-13,15-16H2,(H,32,35)/t22?,23-/m1/s1. The Labute approximate surface area is 230 Å². The second-order valence-electron chi connectivity index (χ2n) is 9.85. The molecule has 2 N–H and O–H groups in total. The van der Waals surface area contributed by atoms with E-state index in [0.29, 0.717) is 6.42 Å². The van der Waals surface area contributed by atoms with E-state index in [1.165, 1.54) is 43.0 Å². The molecule has 1 saturated heterocycles. The third-order valence-corrected chi connectivity index (χ3v) is 9.41. The lowest BCUT2D eigenvalue weighted by Gasteiger charge is -2.30. The quantitative estimate of drug-likeness (QED) is 0.408. The first-order valence-electron chi connectivity index (χ1n) is 12.6. The molecule has 208 valence electrons. The summed E-state index contributed by atoms with van der Waals surface area (Å²) in [6.07, 6.45) is -0.298. The number of alkyl halides is 3. The fourth-order valence-electron chi connectivity index (χ4n) is 5.14. The van der Waals surface area contributed by atoms with Gasteiger partial charge in [-0.05, 0) is 74.0 Å². The maximum atomic E-state index is 13.8. The Balaban J connectivity index is 1.45. The van der Waals surface area contributed by atoms with Crippen LogP contribution in [0.1, 0.15) is 61.3 Å². The number of sulfonamides is 1. The molecular weight excluding hydrogens is 562 g/mol. The summed E-state index contributed by atoms with van der Waals surface area (Å²) in [6, 6.07) is 6.76. The number of piperidine rings is 1. The highest BCUT2D eigenvalue weighted by molar-refractivity contribution is 7.89. The van der Waals surface area contributed by atoms with E-state index in [0.717, 1.165) is 43.6 Å². The summed E-state index contributed by atoms with van der Waals surface area (Å²) in [5.74, 6) is -0.907. The molecule has 0 spiro atoms. The fourth-order valence-corrected chi connectivity index (χ4v) is 7.51. The number of benzene rings is 2. The number of fused-ring (bicyclic) bond motifs is 1. The number of rotatable bonds is 8. The number of nitrogens with one attached hydrogen (secondary N) is 2. The van der Waals surface area contributed by atoms with E-state index in [1.807, 2.05) is 12.1 Å². The van der Waals surface area contributed by atoms with Gasteiger partial charge in [-0.15, -0.1) is 0 Å². The molecule has 1 amide bonds. The van der Waals surface area contributed by atoms with Crippen molar-refractivity contribution in [1.29, 1.82) is 0 Å². The van der Waals surface area contributed by atoms with Crippen LogP contribution >= 0.6 is 23.2 Å². The Morgan fingerprint density at radius 1 is 1.05 bits per heavy atom. The van der Waals surface area contributed by atoms with Crippen LogP contribution in [0.3, 0.4) is 0 Å². The molecule has 38 heavy (non-hydrogen) atoms. The summed E-state index contributed by atoms with van der Waals surface area (Å²) in [6.45, 7) is 3.00. The fraction of sp³-hybridized carbons (Fsp3) is 0.500. The number of nitrogens with zero attached hydrogens (tertiary/aromatic N) is 1. The molecule has 2 atom stereocenters. The molecule has 0 aromatic heterocycles. The molecular formula is C26H30Cl2F3N3O3S. The molecule has 1 aliphatic heterocycles. The van der Waals surface area contributed by atoms with Gasteiger partial charge in [0.25, 0.3) is 0 Å². The van der Waals surface area contributed by atoms with E-state index in [-0.39, 0.29) is 10.0 Å². The Morgan fingerprint density at radius 2 is 1.74 bits per heavy atom. The first kappa shape index (κ1) is 29.1. The molecule has 1 fully saturated rings. The minimum atomic E-state index is -5.02. The smallest absolute Gasteiger partial charge is 0.349 e. The van der Waals surface area contributed by atoms with E-state index in [2.05, 4.69) is 16.3 Å². The molecule has 2 aromatic carbocycles. The van der Waals surface area contributed by atoms with Crippen LogP contribution in [0.15, 0.2) is 41.3 Å². The summed E-state index contributed by atoms with van der Waals surface area (Å²) in [4.78, 5) is 14.5. The minimum Gasteiger partial charge on any atom is -0.349 e. The van der Waals surface area contributed by atoms with Crippen molar-refractivity contribution in [3.8, 4) is 0 Å². The molecule has 6 nitrogen and oxygen atoms in total. The number of aryl methyl sites for hydroxylation is 1. The molecule has 0 radical (unpaired) electrons. The van der Waals surface area contributed by atoms with E-state index >= 15 is 0 Å². The summed E-state index contributed by atoms with van der Waals surface area (Å²) < 4.78 is 68.4. The Kier molecular flexibility index (Phi) is 9.30. The molecule has 1 unspecified atom stereocenters. The maximum absolute atomic E-state index is 13.8. The van der Waals surface area contributed by atoms with E-state index in [9.17, 15) is 26.4 Å². The predicted molar refractivity (Wildman–Crippen MR) is 141 cm³/mol. The lowest BCUT2D eigenvalue weighted by Crippen LogP contribution is -2.48. The third kappa shape index (κ3) is 7.21. The van der Waals surface area contributed by atoms with Crippen LogP contribution in [0.25, 0.3) is 0 Å². The minimum absolute atomic E-state index is 0.325. The van der Waals surface area contributed by atoms with Gasteiger partial charge in [0.15, 0.2) is 0 Å². The maximum Gasteiger partial charge on any atom is 0.405 e. The van der Waals surface area contributed by atoms with Gasteiger partial charge in [0.05, 0.1) is 22.5 Å². The lowest BCUT2D eigenvalue weighted by molar-refractivity contribution is -0.158. The van der Waals surface area contributed by atoms with Gasteiger partial charge in [-0.25, -0.2) is 8.42 Å². The number of amides is 1. The van der Waals surface area contributed by atoms with E-state index in [4.69, 9.17) is 23.2 Å². The van der Waals surface area contributed by atoms with Crippen molar-refractivity contribution < 1.29 is 26.4 Å². The van der Waals surface area contributed by atoms with Gasteiger partial charge in [0, 0.05) is 6.54 Å². The Hall–Kier alpha value is -1.85. The van der Waals surface area contributed by atoms with Crippen molar-refractivity contribution in [2.45, 2.75) is 74.6 Å². The van der Waals surface area contributed by atoms with Crippen LogP contribution in [0.2, 0.25) is 10.0 Å². The monoisotopic (exact) mass is 591 g/mol. The van der Waals surface area contributed by atoms with Gasteiger partial charge < -0.3 is 5.32 Å². The number of carbonyl (C=O) groups is 1. The molecule has 1 aliphatic carbocycles. The molecule has 2 aliphatic rings. The van der Waals surface area contributed by atoms with Gasteiger partial charge in [0.1, 0.15) is 10.9 Å². The molecule has 4 rings (SSSR count). The number of hydrogen-bond donors (Lipinski definition) is 2. The zero-order valence-electron chi connectivity index (χ0n) is 20.7.